The van der Waals surface area contributed by atoms with E-state index in [1.807, 2.05) is 36.4 Å². The van der Waals surface area contributed by atoms with E-state index in [1.54, 1.807) is 12.1 Å². The molecule has 3 rings (SSSR count). The second kappa shape index (κ2) is 13.6. The van der Waals surface area contributed by atoms with Crippen molar-refractivity contribution in [2.45, 2.75) is 31.5 Å². The molecule has 0 radical (unpaired) electrons. The van der Waals surface area contributed by atoms with Gasteiger partial charge in [0.15, 0.2) is 6.10 Å². The number of nitrogens with two attached hydrogens (primary N) is 1. The van der Waals surface area contributed by atoms with Crippen molar-refractivity contribution < 1.29 is 32.9 Å². The SMILES string of the molecule is CC(C)(c1ccc(OCC(CF)OC(=O)CCl)cc1)c1ccc(OCC(CN2CC2)OC(=O)CN)cc1. The number of benzene rings is 2. The Bertz CT molecular complexity index is 1010. The van der Waals surface area contributed by atoms with E-state index < -0.39 is 24.7 Å². The van der Waals surface area contributed by atoms with Gasteiger partial charge in [-0.05, 0) is 35.4 Å². The van der Waals surface area contributed by atoms with Crippen LogP contribution in [0.2, 0.25) is 0 Å². The van der Waals surface area contributed by atoms with Gasteiger partial charge in [-0.1, -0.05) is 38.1 Å². The van der Waals surface area contributed by atoms with E-state index in [2.05, 4.69) is 18.7 Å². The molecule has 1 fully saturated rings. The first kappa shape index (κ1) is 28.7. The minimum absolute atomic E-state index is 0.104. The summed E-state index contributed by atoms with van der Waals surface area (Å²) >= 11 is 5.39. The van der Waals surface area contributed by atoms with Crippen LogP contribution in [0.5, 0.6) is 11.5 Å². The summed E-state index contributed by atoms with van der Waals surface area (Å²) in [6, 6.07) is 15.3. The van der Waals surface area contributed by atoms with Crippen molar-refractivity contribution in [1.82, 2.24) is 4.90 Å². The Balaban J connectivity index is 1.56. The zero-order chi connectivity index (χ0) is 26.8. The molecule has 8 nitrogen and oxygen atoms in total. The Morgan fingerprint density at radius 2 is 1.41 bits per heavy atom. The third-order valence-corrected chi connectivity index (χ3v) is 6.29. The van der Waals surface area contributed by atoms with E-state index in [1.165, 1.54) is 0 Å². The van der Waals surface area contributed by atoms with Gasteiger partial charge in [0.2, 0.25) is 0 Å². The Hall–Kier alpha value is -2.88. The van der Waals surface area contributed by atoms with E-state index in [0.717, 1.165) is 24.2 Å². The Morgan fingerprint density at radius 1 is 0.919 bits per heavy atom. The lowest BCUT2D eigenvalue weighted by molar-refractivity contribution is -0.149. The normalized spacial score (nSPS) is 14.9. The molecule has 0 aromatic heterocycles. The largest absolute Gasteiger partial charge is 0.490 e. The van der Waals surface area contributed by atoms with Crippen LogP contribution in [0.3, 0.4) is 0 Å². The second-order valence-electron chi connectivity index (χ2n) is 9.31. The maximum absolute atomic E-state index is 13.1. The van der Waals surface area contributed by atoms with Crippen LogP contribution in [0.25, 0.3) is 0 Å². The van der Waals surface area contributed by atoms with Crippen LogP contribution in [-0.4, -0.2) is 81.0 Å². The van der Waals surface area contributed by atoms with Crippen LogP contribution in [-0.2, 0) is 24.5 Å². The zero-order valence-electron chi connectivity index (χ0n) is 21.2. The van der Waals surface area contributed by atoms with Gasteiger partial charge in [-0.2, -0.15) is 0 Å². The van der Waals surface area contributed by atoms with E-state index in [-0.39, 0.29) is 37.2 Å². The monoisotopic (exact) mass is 536 g/mol. The summed E-state index contributed by atoms with van der Waals surface area (Å²) in [5.74, 6) is -0.249. The number of nitrogens with zero attached hydrogens (tertiary/aromatic N) is 1. The Kier molecular flexibility index (Phi) is 10.5. The molecule has 2 N–H and O–H groups in total. The molecule has 0 aliphatic carbocycles. The van der Waals surface area contributed by atoms with Gasteiger partial charge < -0.3 is 24.7 Å². The van der Waals surface area contributed by atoms with Crippen molar-refractivity contribution in [3.8, 4) is 11.5 Å². The zero-order valence-corrected chi connectivity index (χ0v) is 21.9. The summed E-state index contributed by atoms with van der Waals surface area (Å²) in [5, 5.41) is 0. The minimum atomic E-state index is -1.00. The van der Waals surface area contributed by atoms with Crippen LogP contribution in [0.4, 0.5) is 4.39 Å². The van der Waals surface area contributed by atoms with Crippen LogP contribution in [0, 0.1) is 0 Å². The lowest BCUT2D eigenvalue weighted by Crippen LogP contribution is -2.34. The molecule has 0 spiro atoms. The molecule has 0 saturated carbocycles. The number of esters is 2. The minimum Gasteiger partial charge on any atom is -0.490 e. The first-order chi connectivity index (χ1) is 17.7. The molecule has 1 aliphatic heterocycles. The molecule has 37 heavy (non-hydrogen) atoms. The van der Waals surface area contributed by atoms with Gasteiger partial charge in [-0.25, -0.2) is 4.39 Å². The molecule has 2 atom stereocenters. The predicted molar refractivity (Wildman–Crippen MR) is 138 cm³/mol. The summed E-state index contributed by atoms with van der Waals surface area (Å²) in [7, 11) is 0. The third-order valence-electron chi connectivity index (χ3n) is 6.07. The van der Waals surface area contributed by atoms with Gasteiger partial charge in [0.1, 0.15) is 43.4 Å². The summed E-state index contributed by atoms with van der Waals surface area (Å²) in [6.07, 6.45) is -1.37. The molecule has 2 aromatic rings. The fraction of sp³-hybridized carbons (Fsp3) is 0.481. The molecule has 0 amide bonds. The molecule has 202 valence electrons. The van der Waals surface area contributed by atoms with Gasteiger partial charge in [0.25, 0.3) is 0 Å². The van der Waals surface area contributed by atoms with Crippen LogP contribution < -0.4 is 15.2 Å². The van der Waals surface area contributed by atoms with Crippen molar-refractivity contribution in [2.24, 2.45) is 5.73 Å². The number of carbonyl (C=O) groups is 2. The molecule has 2 aromatic carbocycles. The average Bonchev–Trinajstić information content (AvgIpc) is 3.73. The third kappa shape index (κ3) is 8.87. The molecule has 2 unspecified atom stereocenters. The number of rotatable bonds is 15. The van der Waals surface area contributed by atoms with Crippen molar-refractivity contribution >= 4 is 23.5 Å². The second-order valence-corrected chi connectivity index (χ2v) is 9.58. The molecular weight excluding hydrogens is 503 g/mol. The van der Waals surface area contributed by atoms with Crippen LogP contribution in [0.1, 0.15) is 25.0 Å². The number of alkyl halides is 2. The molecule has 10 heteroatoms. The Morgan fingerprint density at radius 3 is 1.84 bits per heavy atom. The first-order valence-corrected chi connectivity index (χ1v) is 12.7. The molecule has 0 bridgehead atoms. The van der Waals surface area contributed by atoms with Gasteiger partial charge in [0.05, 0.1) is 6.54 Å². The number of hydrogen-bond acceptors (Lipinski definition) is 8. The fourth-order valence-electron chi connectivity index (χ4n) is 3.71. The average molecular weight is 537 g/mol. The van der Waals surface area contributed by atoms with Crippen molar-refractivity contribution in [3.05, 3.63) is 59.7 Å². The molecule has 1 aliphatic rings. The maximum Gasteiger partial charge on any atom is 0.321 e. The van der Waals surface area contributed by atoms with Crippen molar-refractivity contribution in [3.63, 3.8) is 0 Å². The highest BCUT2D eigenvalue weighted by molar-refractivity contribution is 6.26. The highest BCUT2D eigenvalue weighted by Gasteiger charge is 2.26. The summed E-state index contributed by atoms with van der Waals surface area (Å²) < 4.78 is 34.8. The molecular formula is C27H34ClFN2O6. The molecule has 1 saturated heterocycles. The van der Waals surface area contributed by atoms with Gasteiger partial charge in [-0.3, -0.25) is 14.5 Å². The number of halogens is 2. The summed E-state index contributed by atoms with van der Waals surface area (Å²) in [4.78, 5) is 25.0. The first-order valence-electron chi connectivity index (χ1n) is 12.1. The van der Waals surface area contributed by atoms with Gasteiger partial charge in [0, 0.05) is 25.0 Å². The summed E-state index contributed by atoms with van der Waals surface area (Å²) in [6.45, 7) is 5.97. The number of ether oxygens (including phenoxy) is 4. The van der Waals surface area contributed by atoms with Crippen LogP contribution in [0.15, 0.2) is 48.5 Å². The molecule has 1 heterocycles. The van der Waals surface area contributed by atoms with E-state index in [0.29, 0.717) is 18.0 Å². The highest BCUT2D eigenvalue weighted by atomic mass is 35.5. The standard InChI is InChI=1S/C27H34ClFN2O6/c1-27(2,19-3-7-21(8-4-19)34-17-23(14-29)36-25(32)13-28)20-5-9-22(10-6-20)35-18-24(16-31-11-12-31)37-26(33)15-30/h3-10,23-24H,11-18,30H2,1-2H3. The lowest BCUT2D eigenvalue weighted by atomic mass is 9.78. The van der Waals surface area contributed by atoms with Crippen molar-refractivity contribution in [2.75, 3.05) is 51.9 Å². The smallest absolute Gasteiger partial charge is 0.321 e. The van der Waals surface area contributed by atoms with E-state index >= 15 is 0 Å². The summed E-state index contributed by atoms with van der Waals surface area (Å²) in [5.41, 5.74) is 7.19. The van der Waals surface area contributed by atoms with Gasteiger partial charge in [-0.15, -0.1) is 11.6 Å². The van der Waals surface area contributed by atoms with E-state index in [4.69, 9.17) is 36.3 Å². The Labute approximate surface area is 221 Å². The lowest BCUT2D eigenvalue weighted by Gasteiger charge is -2.27. The predicted octanol–water partition coefficient (Wildman–Crippen LogP) is 3.08. The van der Waals surface area contributed by atoms with Crippen LogP contribution >= 0.6 is 11.6 Å². The van der Waals surface area contributed by atoms with E-state index in [9.17, 15) is 14.0 Å². The fourth-order valence-corrected chi connectivity index (χ4v) is 3.77. The van der Waals surface area contributed by atoms with Crippen molar-refractivity contribution in [1.29, 1.82) is 0 Å². The maximum atomic E-state index is 13.1. The topological polar surface area (TPSA) is 100 Å². The number of hydrogen-bond donors (Lipinski definition) is 1. The highest BCUT2D eigenvalue weighted by Crippen LogP contribution is 2.33. The van der Waals surface area contributed by atoms with Gasteiger partial charge >= 0.3 is 11.9 Å². The quantitative estimate of drug-likeness (QED) is 0.211. The number of carbonyl (C=O) groups excluding carboxylic acids is 2.